The van der Waals surface area contributed by atoms with Crippen LogP contribution < -0.4 is 0 Å². The lowest BCUT2D eigenvalue weighted by Crippen LogP contribution is -2.08. The molecule has 2 rings (SSSR count). The molecule has 0 radical (unpaired) electrons. The predicted molar refractivity (Wildman–Crippen MR) is 78.8 cm³/mol. The van der Waals surface area contributed by atoms with Crippen LogP contribution in [-0.4, -0.2) is 30.4 Å². The monoisotopic (exact) mass is 356 g/mol. The minimum atomic E-state index is -4.07. The maximum Gasteiger partial charge on any atom is 0.371 e. The summed E-state index contributed by atoms with van der Waals surface area (Å²) in [5, 5.41) is 19.0. The maximum atomic E-state index is 12.9. The largest absolute Gasteiger partial charge is 0.502 e. The molecule has 9 heteroatoms. The van der Waals surface area contributed by atoms with Crippen LogP contribution in [0.3, 0.4) is 0 Å². The Balaban J connectivity index is 2.49. The summed E-state index contributed by atoms with van der Waals surface area (Å²) in [4.78, 5) is 22.3. The molecule has 0 spiro atoms. The highest BCUT2D eigenvalue weighted by molar-refractivity contribution is 7.93. The number of hydrogen-bond donors (Lipinski definition) is 2. The second-order valence-electron chi connectivity index (χ2n) is 4.28. The minimum absolute atomic E-state index is 0.207. The summed E-state index contributed by atoms with van der Waals surface area (Å²) in [6, 6.07) is 5.26. The first-order chi connectivity index (χ1) is 10.7. The van der Waals surface area contributed by atoms with Gasteiger partial charge in [0.05, 0.1) is 10.5 Å². The van der Waals surface area contributed by atoms with E-state index in [-0.39, 0.29) is 14.7 Å². The molecule has 0 amide bonds. The van der Waals surface area contributed by atoms with Crippen LogP contribution in [0.4, 0.5) is 4.39 Å². The van der Waals surface area contributed by atoms with Gasteiger partial charge < -0.3 is 10.2 Å². The van der Waals surface area contributed by atoms with Crippen molar-refractivity contribution in [1.29, 1.82) is 0 Å². The number of carboxylic acid groups (broad SMARTS) is 1. The molecular formula is C14H9FO6S2. The van der Waals surface area contributed by atoms with Crippen molar-refractivity contribution in [2.75, 3.05) is 0 Å². The lowest BCUT2D eigenvalue weighted by atomic mass is 10.2. The number of allylic oxidation sites excluding steroid dienone is 1. The third kappa shape index (κ3) is 3.46. The molecule has 1 aromatic heterocycles. The number of carbonyl (C=O) groups is 2. The van der Waals surface area contributed by atoms with E-state index in [4.69, 9.17) is 10.2 Å². The standard InChI is InChI=1S/C14H9FO6S2/c15-8-1-3-9(4-2-8)23(20,21)14-10(5-6-22-14)11(16)7-12(17)13(18)19/h1-7,17H,(H,18,19). The van der Waals surface area contributed by atoms with Crippen molar-refractivity contribution in [3.05, 3.63) is 58.9 Å². The number of aliphatic carboxylic acids is 1. The Hall–Kier alpha value is -2.52. The number of halogens is 1. The van der Waals surface area contributed by atoms with E-state index in [9.17, 15) is 22.4 Å². The molecule has 23 heavy (non-hydrogen) atoms. The van der Waals surface area contributed by atoms with E-state index in [0.717, 1.165) is 35.6 Å². The molecule has 0 atom stereocenters. The predicted octanol–water partition coefficient (Wildman–Crippen LogP) is 2.43. The molecule has 0 fully saturated rings. The normalized spacial score (nSPS) is 12.1. The topological polar surface area (TPSA) is 109 Å². The fourth-order valence-corrected chi connectivity index (χ4v) is 4.42. The van der Waals surface area contributed by atoms with E-state index in [0.29, 0.717) is 6.08 Å². The number of carboxylic acids is 1. The Morgan fingerprint density at radius 2 is 1.70 bits per heavy atom. The van der Waals surface area contributed by atoms with Gasteiger partial charge in [-0.2, -0.15) is 0 Å². The highest BCUT2D eigenvalue weighted by Crippen LogP contribution is 2.29. The van der Waals surface area contributed by atoms with Crippen molar-refractivity contribution >= 4 is 32.9 Å². The van der Waals surface area contributed by atoms with Gasteiger partial charge in [0, 0.05) is 6.08 Å². The van der Waals surface area contributed by atoms with E-state index >= 15 is 0 Å². The zero-order chi connectivity index (χ0) is 17.2. The second-order valence-corrected chi connectivity index (χ2v) is 7.34. The van der Waals surface area contributed by atoms with Crippen LogP contribution in [0.25, 0.3) is 0 Å². The Labute approximate surface area is 134 Å². The molecule has 120 valence electrons. The van der Waals surface area contributed by atoms with Gasteiger partial charge in [0.25, 0.3) is 0 Å². The van der Waals surface area contributed by atoms with Crippen molar-refractivity contribution in [1.82, 2.24) is 0 Å². The van der Waals surface area contributed by atoms with Crippen LogP contribution in [0.5, 0.6) is 0 Å². The van der Waals surface area contributed by atoms with Gasteiger partial charge in [-0.3, -0.25) is 4.79 Å². The molecule has 0 aliphatic heterocycles. The number of benzene rings is 1. The lowest BCUT2D eigenvalue weighted by molar-refractivity contribution is -0.135. The van der Waals surface area contributed by atoms with Gasteiger partial charge in [0.15, 0.2) is 5.78 Å². The number of ketones is 1. The smallest absolute Gasteiger partial charge is 0.371 e. The fourth-order valence-electron chi connectivity index (χ4n) is 1.67. The number of thiophene rings is 1. The van der Waals surface area contributed by atoms with Crippen molar-refractivity contribution in [3.63, 3.8) is 0 Å². The Kier molecular flexibility index (Phi) is 4.62. The van der Waals surface area contributed by atoms with E-state index < -0.39 is 33.2 Å². The molecule has 0 bridgehead atoms. The van der Waals surface area contributed by atoms with E-state index in [1.165, 1.54) is 11.4 Å². The highest BCUT2D eigenvalue weighted by Gasteiger charge is 2.26. The summed E-state index contributed by atoms with van der Waals surface area (Å²) in [5.41, 5.74) is -0.271. The number of sulfone groups is 1. The van der Waals surface area contributed by atoms with Crippen molar-refractivity contribution in [2.24, 2.45) is 0 Å². The average Bonchev–Trinajstić information content (AvgIpc) is 2.97. The number of carbonyl (C=O) groups excluding carboxylic acids is 1. The molecule has 1 aromatic carbocycles. The van der Waals surface area contributed by atoms with Crippen molar-refractivity contribution in [3.8, 4) is 0 Å². The molecule has 2 aromatic rings. The molecule has 0 unspecified atom stereocenters. The molecular weight excluding hydrogens is 347 g/mol. The van der Waals surface area contributed by atoms with Gasteiger partial charge in [-0.25, -0.2) is 17.6 Å². The molecule has 0 saturated heterocycles. The average molecular weight is 356 g/mol. The van der Waals surface area contributed by atoms with E-state index in [1.807, 2.05) is 0 Å². The zero-order valence-corrected chi connectivity index (χ0v) is 12.9. The van der Waals surface area contributed by atoms with E-state index in [2.05, 4.69) is 0 Å². The molecule has 6 nitrogen and oxygen atoms in total. The SMILES string of the molecule is O=C(O)C(O)=CC(=O)c1ccsc1S(=O)(=O)c1ccc(F)cc1. The lowest BCUT2D eigenvalue weighted by Gasteiger charge is -2.04. The summed E-state index contributed by atoms with van der Waals surface area (Å²) in [5.74, 6) is -4.49. The molecule has 0 aliphatic carbocycles. The molecule has 1 heterocycles. The minimum Gasteiger partial charge on any atom is -0.502 e. The van der Waals surface area contributed by atoms with Gasteiger partial charge in [-0.1, -0.05) is 0 Å². The summed E-state index contributed by atoms with van der Waals surface area (Å²) in [7, 11) is -4.07. The van der Waals surface area contributed by atoms with Crippen LogP contribution in [0.2, 0.25) is 0 Å². The first-order valence-corrected chi connectivity index (χ1v) is 8.36. The summed E-state index contributed by atoms with van der Waals surface area (Å²) in [6.07, 6.45) is 0.425. The first kappa shape index (κ1) is 16.8. The summed E-state index contributed by atoms with van der Waals surface area (Å²) in [6.45, 7) is 0. The third-order valence-electron chi connectivity index (χ3n) is 2.75. The van der Waals surface area contributed by atoms with Crippen LogP contribution in [0.1, 0.15) is 10.4 Å². The molecule has 2 N–H and O–H groups in total. The van der Waals surface area contributed by atoms with Crippen LogP contribution in [0.15, 0.2) is 56.7 Å². The van der Waals surface area contributed by atoms with Crippen LogP contribution in [-0.2, 0) is 14.6 Å². The second kappa shape index (κ2) is 6.31. The van der Waals surface area contributed by atoms with E-state index in [1.54, 1.807) is 0 Å². The van der Waals surface area contributed by atoms with Gasteiger partial charge >= 0.3 is 5.97 Å². The van der Waals surface area contributed by atoms with Gasteiger partial charge in [-0.05, 0) is 35.7 Å². The summed E-state index contributed by atoms with van der Waals surface area (Å²) >= 11 is 0.758. The Bertz CT molecular complexity index is 894. The molecule has 0 aliphatic rings. The first-order valence-electron chi connectivity index (χ1n) is 6.00. The zero-order valence-electron chi connectivity index (χ0n) is 11.3. The summed E-state index contributed by atoms with van der Waals surface area (Å²) < 4.78 is 37.6. The van der Waals surface area contributed by atoms with Crippen molar-refractivity contribution < 1.29 is 32.6 Å². The Morgan fingerprint density at radius 1 is 1.09 bits per heavy atom. The Morgan fingerprint density at radius 3 is 2.26 bits per heavy atom. The number of rotatable bonds is 5. The van der Waals surface area contributed by atoms with Crippen LogP contribution >= 0.6 is 11.3 Å². The van der Waals surface area contributed by atoms with Crippen LogP contribution in [0, 0.1) is 5.82 Å². The number of hydrogen-bond acceptors (Lipinski definition) is 6. The molecule has 0 saturated carbocycles. The maximum absolute atomic E-state index is 12.9. The van der Waals surface area contributed by atoms with Gasteiger partial charge in [-0.15, -0.1) is 11.3 Å². The highest BCUT2D eigenvalue weighted by atomic mass is 32.2. The van der Waals surface area contributed by atoms with Crippen molar-refractivity contribution in [2.45, 2.75) is 9.10 Å². The van der Waals surface area contributed by atoms with Gasteiger partial charge in [0.1, 0.15) is 10.0 Å². The number of aliphatic hydroxyl groups is 1. The quantitative estimate of drug-likeness (QED) is 0.369. The fraction of sp³-hybridized carbons (Fsp3) is 0. The number of aliphatic hydroxyl groups excluding tert-OH is 1. The van der Waals surface area contributed by atoms with Gasteiger partial charge in [0.2, 0.25) is 15.6 Å². The third-order valence-corrected chi connectivity index (χ3v) is 6.00.